The van der Waals surface area contributed by atoms with Gasteiger partial charge in [0.2, 0.25) is 5.78 Å². The zero-order valence-electron chi connectivity index (χ0n) is 15.9. The summed E-state index contributed by atoms with van der Waals surface area (Å²) in [6, 6.07) is 13.8. The van der Waals surface area contributed by atoms with Gasteiger partial charge in [-0.2, -0.15) is 4.39 Å². The first-order valence-electron chi connectivity index (χ1n) is 8.89. The molecule has 2 aromatic rings. The van der Waals surface area contributed by atoms with Crippen LogP contribution in [0.5, 0.6) is 0 Å². The Morgan fingerprint density at radius 3 is 1.62 bits per heavy atom. The molecular weight excluding hydrogens is 379 g/mol. The number of amides is 2. The molecule has 0 aliphatic heterocycles. The number of carbonyl (C=O) groups excluding carboxylic acids is 4. The summed E-state index contributed by atoms with van der Waals surface area (Å²) in [5.74, 6) is -3.34. The van der Waals surface area contributed by atoms with E-state index in [1.165, 1.54) is 26.0 Å². The zero-order valence-corrected chi connectivity index (χ0v) is 15.9. The molecule has 152 valence electrons. The monoisotopic (exact) mass is 400 g/mol. The van der Waals surface area contributed by atoms with Gasteiger partial charge in [-0.1, -0.05) is 36.4 Å². The number of alkyl halides is 1. The highest BCUT2D eigenvalue weighted by atomic mass is 19.1. The van der Waals surface area contributed by atoms with Crippen LogP contribution in [0.3, 0.4) is 0 Å². The largest absolute Gasteiger partial charge is 0.422 e. The lowest BCUT2D eigenvalue weighted by atomic mass is 10.1. The maximum Gasteiger partial charge on any atom is 0.331 e. The van der Waals surface area contributed by atoms with E-state index in [1.54, 1.807) is 48.5 Å². The van der Waals surface area contributed by atoms with Crippen LogP contribution in [0.25, 0.3) is 0 Å². The van der Waals surface area contributed by atoms with Crippen LogP contribution in [0.4, 0.5) is 4.39 Å². The molecule has 3 atom stereocenters. The summed E-state index contributed by atoms with van der Waals surface area (Å²) in [6.07, 6.45) is -2.58. The highest BCUT2D eigenvalue weighted by Gasteiger charge is 2.30. The number of nitrogens with one attached hydrogen (secondary N) is 2. The summed E-state index contributed by atoms with van der Waals surface area (Å²) in [5.41, 5.74) is 0.620. The second kappa shape index (κ2) is 10.1. The Hall–Kier alpha value is -3.55. The predicted molar refractivity (Wildman–Crippen MR) is 103 cm³/mol. The van der Waals surface area contributed by atoms with Crippen LogP contribution in [-0.4, -0.2) is 42.0 Å². The summed E-state index contributed by atoms with van der Waals surface area (Å²) < 4.78 is 18.6. The minimum absolute atomic E-state index is 0.303. The number of carbonyl (C=O) groups is 4. The van der Waals surface area contributed by atoms with Crippen molar-refractivity contribution in [3.05, 3.63) is 71.8 Å². The van der Waals surface area contributed by atoms with Gasteiger partial charge in [-0.05, 0) is 38.1 Å². The highest BCUT2D eigenvalue weighted by molar-refractivity contribution is 5.99. The molecule has 0 aromatic heterocycles. The molecule has 0 aliphatic rings. The first kappa shape index (κ1) is 21.7. The van der Waals surface area contributed by atoms with Gasteiger partial charge in [-0.15, -0.1) is 0 Å². The van der Waals surface area contributed by atoms with Crippen molar-refractivity contribution in [3.8, 4) is 0 Å². The number of benzene rings is 2. The number of ether oxygens (including phenoxy) is 1. The molecule has 29 heavy (non-hydrogen) atoms. The molecule has 8 heteroatoms. The van der Waals surface area contributed by atoms with E-state index in [-0.39, 0.29) is 0 Å². The summed E-state index contributed by atoms with van der Waals surface area (Å²) in [5, 5.41) is 4.71. The lowest BCUT2D eigenvalue weighted by Crippen LogP contribution is -2.46. The molecule has 2 rings (SSSR count). The lowest BCUT2D eigenvalue weighted by molar-refractivity contribution is -0.167. The molecule has 0 spiro atoms. The third kappa shape index (κ3) is 6.24. The lowest BCUT2D eigenvalue weighted by Gasteiger charge is -2.18. The quantitative estimate of drug-likeness (QED) is 0.661. The molecule has 0 saturated carbocycles. The van der Waals surface area contributed by atoms with Crippen molar-refractivity contribution >= 4 is 23.6 Å². The average molecular weight is 400 g/mol. The van der Waals surface area contributed by atoms with E-state index in [0.717, 1.165) is 0 Å². The maximum atomic E-state index is 14.1. The fourth-order valence-corrected chi connectivity index (χ4v) is 2.33. The van der Waals surface area contributed by atoms with Gasteiger partial charge in [0.05, 0.1) is 6.04 Å². The van der Waals surface area contributed by atoms with Crippen molar-refractivity contribution in [1.82, 2.24) is 10.6 Å². The van der Waals surface area contributed by atoms with E-state index in [1.807, 2.05) is 0 Å². The van der Waals surface area contributed by atoms with Crippen LogP contribution in [0.1, 0.15) is 34.6 Å². The number of Topliss-reactive ketones (excluding diaryl/α,β-unsaturated/α-hetero) is 1. The highest BCUT2D eigenvalue weighted by Crippen LogP contribution is 2.06. The van der Waals surface area contributed by atoms with Crippen LogP contribution in [0.15, 0.2) is 60.7 Å². The molecular formula is C21H21FN2O5. The van der Waals surface area contributed by atoms with Gasteiger partial charge >= 0.3 is 12.3 Å². The van der Waals surface area contributed by atoms with Crippen molar-refractivity contribution < 1.29 is 28.3 Å². The fraction of sp³-hybridized carbons (Fsp3) is 0.238. The van der Waals surface area contributed by atoms with Crippen LogP contribution in [-0.2, 0) is 14.3 Å². The van der Waals surface area contributed by atoms with E-state index < -0.39 is 42.0 Å². The summed E-state index contributed by atoms with van der Waals surface area (Å²) >= 11 is 0. The Morgan fingerprint density at radius 1 is 0.759 bits per heavy atom. The van der Waals surface area contributed by atoms with Crippen LogP contribution >= 0.6 is 0 Å². The molecule has 2 unspecified atom stereocenters. The van der Waals surface area contributed by atoms with Crippen LogP contribution < -0.4 is 10.6 Å². The van der Waals surface area contributed by atoms with Crippen molar-refractivity contribution in [2.45, 2.75) is 32.3 Å². The third-order valence-electron chi connectivity index (χ3n) is 3.99. The Kier molecular flexibility index (Phi) is 7.59. The number of ketones is 1. The normalized spacial score (nSPS) is 13.5. The zero-order chi connectivity index (χ0) is 21.4. The second-order valence-electron chi connectivity index (χ2n) is 6.28. The Bertz CT molecular complexity index is 873. The average Bonchev–Trinajstić information content (AvgIpc) is 2.74. The Morgan fingerprint density at radius 2 is 1.17 bits per heavy atom. The third-order valence-corrected chi connectivity index (χ3v) is 3.99. The van der Waals surface area contributed by atoms with Gasteiger partial charge in [0, 0.05) is 11.1 Å². The molecule has 2 N–H and O–H groups in total. The molecule has 0 aliphatic carbocycles. The van der Waals surface area contributed by atoms with E-state index in [2.05, 4.69) is 15.4 Å². The molecule has 0 radical (unpaired) electrons. The van der Waals surface area contributed by atoms with Crippen LogP contribution in [0.2, 0.25) is 0 Å². The van der Waals surface area contributed by atoms with Crippen molar-refractivity contribution in [1.29, 1.82) is 0 Å². The Labute approximate surface area is 167 Å². The molecule has 2 amide bonds. The number of hydrogen-bond donors (Lipinski definition) is 2. The smallest absolute Gasteiger partial charge is 0.331 e. The van der Waals surface area contributed by atoms with Gasteiger partial charge < -0.3 is 15.4 Å². The fourth-order valence-electron chi connectivity index (χ4n) is 2.33. The topological polar surface area (TPSA) is 102 Å². The van der Waals surface area contributed by atoms with Crippen LogP contribution in [0, 0.1) is 0 Å². The van der Waals surface area contributed by atoms with E-state index in [0.29, 0.717) is 11.1 Å². The molecule has 2 aromatic carbocycles. The predicted octanol–water partition coefficient (Wildman–Crippen LogP) is 2.03. The SMILES string of the molecule is CC(NC(=O)c1ccccc1)C(=O)C(F)OC(=O)[C@H](C)NC(=O)c1ccccc1. The van der Waals surface area contributed by atoms with Gasteiger partial charge in [-0.3, -0.25) is 14.4 Å². The summed E-state index contributed by atoms with van der Waals surface area (Å²) in [4.78, 5) is 48.1. The minimum atomic E-state index is -2.58. The van der Waals surface area contributed by atoms with Crippen molar-refractivity contribution in [2.24, 2.45) is 0 Å². The minimum Gasteiger partial charge on any atom is -0.422 e. The maximum absolute atomic E-state index is 14.1. The molecule has 0 fully saturated rings. The van der Waals surface area contributed by atoms with Gasteiger partial charge in [0.1, 0.15) is 6.04 Å². The Balaban J connectivity index is 1.86. The molecule has 0 bridgehead atoms. The van der Waals surface area contributed by atoms with Crippen molar-refractivity contribution in [2.75, 3.05) is 0 Å². The van der Waals surface area contributed by atoms with Gasteiger partial charge in [-0.25, -0.2) is 4.79 Å². The number of rotatable bonds is 8. The number of esters is 1. The van der Waals surface area contributed by atoms with Gasteiger partial charge in [0.15, 0.2) is 0 Å². The number of halogens is 1. The summed E-state index contributed by atoms with van der Waals surface area (Å²) in [7, 11) is 0. The standard InChI is InChI=1S/C21H21FN2O5/c1-13(23-19(26)15-9-5-3-6-10-15)17(25)18(22)29-21(28)14(2)24-20(27)16-11-7-4-8-12-16/h3-14,18H,1-2H3,(H,23,26)(H,24,27)/t13?,14-,18?/m0/s1. The van der Waals surface area contributed by atoms with Gasteiger partial charge in [0.25, 0.3) is 11.8 Å². The van der Waals surface area contributed by atoms with E-state index in [4.69, 9.17) is 0 Å². The van der Waals surface area contributed by atoms with E-state index in [9.17, 15) is 23.6 Å². The summed E-state index contributed by atoms with van der Waals surface area (Å²) in [6.45, 7) is 2.59. The second-order valence-corrected chi connectivity index (χ2v) is 6.28. The molecule has 7 nitrogen and oxygen atoms in total. The first-order valence-corrected chi connectivity index (χ1v) is 8.89. The number of hydrogen-bond acceptors (Lipinski definition) is 5. The van der Waals surface area contributed by atoms with Crippen molar-refractivity contribution in [3.63, 3.8) is 0 Å². The first-order chi connectivity index (χ1) is 13.8. The molecule has 0 heterocycles. The van der Waals surface area contributed by atoms with E-state index >= 15 is 0 Å². The molecule has 0 saturated heterocycles.